The molecule has 1 fully saturated rings. The van der Waals surface area contributed by atoms with Crippen LogP contribution in [0.1, 0.15) is 16.7 Å². The third-order valence-corrected chi connectivity index (χ3v) is 5.63. The molecule has 150 valence electrons. The summed E-state index contributed by atoms with van der Waals surface area (Å²) in [5.41, 5.74) is 4.83. The molecule has 3 aromatic rings. The van der Waals surface area contributed by atoms with Gasteiger partial charge in [0.05, 0.1) is 12.7 Å². The number of benzene rings is 2. The summed E-state index contributed by atoms with van der Waals surface area (Å²) in [4.78, 5) is 28.8. The first-order valence-electron chi connectivity index (χ1n) is 9.88. The fourth-order valence-corrected chi connectivity index (χ4v) is 3.68. The Morgan fingerprint density at radius 2 is 1.66 bits per heavy atom. The number of rotatable bonds is 3. The fraction of sp³-hybridized carbons (Fsp3) is 0.304. The number of carbonyl (C=O) groups excluding carboxylic acids is 2. The Morgan fingerprint density at radius 3 is 2.38 bits per heavy atom. The Hall–Kier alpha value is -3.28. The number of urea groups is 1. The third kappa shape index (κ3) is 3.97. The molecule has 6 nitrogen and oxygen atoms in total. The van der Waals surface area contributed by atoms with Crippen LogP contribution in [0.15, 0.2) is 53.1 Å². The molecule has 3 amide bonds. The highest BCUT2D eigenvalue weighted by Crippen LogP contribution is 2.27. The molecule has 1 N–H and O–H groups in total. The quantitative estimate of drug-likeness (QED) is 0.735. The Kier molecular flexibility index (Phi) is 5.25. The summed E-state index contributed by atoms with van der Waals surface area (Å²) in [5, 5.41) is 3.90. The number of para-hydroxylation sites is 1. The Labute approximate surface area is 170 Å². The Morgan fingerprint density at radius 1 is 0.966 bits per heavy atom. The zero-order chi connectivity index (χ0) is 20.4. The van der Waals surface area contributed by atoms with Gasteiger partial charge in [0.15, 0.2) is 0 Å². The van der Waals surface area contributed by atoms with Crippen LogP contribution in [0.5, 0.6) is 0 Å². The molecule has 0 spiro atoms. The molecule has 6 heteroatoms. The summed E-state index contributed by atoms with van der Waals surface area (Å²) >= 11 is 0. The molecule has 1 aliphatic heterocycles. The third-order valence-electron chi connectivity index (χ3n) is 5.63. The number of aryl methyl sites for hydroxylation is 2. The van der Waals surface area contributed by atoms with Crippen molar-refractivity contribution in [1.29, 1.82) is 0 Å². The second kappa shape index (κ2) is 7.99. The minimum absolute atomic E-state index is 0.0639. The second-order valence-electron chi connectivity index (χ2n) is 7.49. The van der Waals surface area contributed by atoms with E-state index in [9.17, 15) is 9.59 Å². The lowest BCUT2D eigenvalue weighted by Gasteiger charge is -2.34. The van der Waals surface area contributed by atoms with Gasteiger partial charge in [0.2, 0.25) is 5.91 Å². The fourth-order valence-electron chi connectivity index (χ4n) is 3.68. The van der Waals surface area contributed by atoms with Gasteiger partial charge in [-0.3, -0.25) is 4.79 Å². The average molecular weight is 391 g/mol. The molecule has 0 atom stereocenters. The lowest BCUT2D eigenvalue weighted by Crippen LogP contribution is -2.52. The molecule has 0 saturated carbocycles. The second-order valence-corrected chi connectivity index (χ2v) is 7.49. The number of hydrogen-bond donors (Lipinski definition) is 1. The minimum Gasteiger partial charge on any atom is -0.464 e. The number of fused-ring (bicyclic) bond motifs is 1. The molecule has 2 heterocycles. The monoisotopic (exact) mass is 391 g/mol. The molecule has 0 radical (unpaired) electrons. The summed E-state index contributed by atoms with van der Waals surface area (Å²) in [7, 11) is 0. The van der Waals surface area contributed by atoms with Crippen molar-refractivity contribution in [1.82, 2.24) is 9.80 Å². The first-order chi connectivity index (χ1) is 14.0. The van der Waals surface area contributed by atoms with E-state index in [1.54, 1.807) is 11.2 Å². The molecule has 29 heavy (non-hydrogen) atoms. The van der Waals surface area contributed by atoms with Gasteiger partial charge in [0.25, 0.3) is 0 Å². The van der Waals surface area contributed by atoms with Crippen LogP contribution >= 0.6 is 0 Å². The molecule has 0 aliphatic carbocycles. The van der Waals surface area contributed by atoms with Gasteiger partial charge in [-0.05, 0) is 37.1 Å². The molecule has 1 saturated heterocycles. The lowest BCUT2D eigenvalue weighted by molar-refractivity contribution is -0.131. The number of carbonyl (C=O) groups is 2. The maximum atomic E-state index is 12.8. The highest BCUT2D eigenvalue weighted by molar-refractivity contribution is 5.91. The average Bonchev–Trinajstić information content (AvgIpc) is 3.15. The van der Waals surface area contributed by atoms with Crippen LogP contribution in [0.3, 0.4) is 0 Å². The van der Waals surface area contributed by atoms with Gasteiger partial charge < -0.3 is 19.5 Å². The van der Waals surface area contributed by atoms with Gasteiger partial charge in [0, 0.05) is 42.8 Å². The summed E-state index contributed by atoms with van der Waals surface area (Å²) < 4.78 is 5.72. The maximum absolute atomic E-state index is 12.8. The minimum atomic E-state index is -0.130. The van der Waals surface area contributed by atoms with Gasteiger partial charge >= 0.3 is 6.03 Å². The summed E-state index contributed by atoms with van der Waals surface area (Å²) in [5.74, 6) is 0.0639. The number of hydrogen-bond acceptors (Lipinski definition) is 3. The summed E-state index contributed by atoms with van der Waals surface area (Å²) in [6.45, 7) is 6.20. The largest absolute Gasteiger partial charge is 0.464 e. The Balaban J connectivity index is 1.35. The van der Waals surface area contributed by atoms with Crippen LogP contribution in [0.25, 0.3) is 11.0 Å². The highest BCUT2D eigenvalue weighted by atomic mass is 16.3. The predicted molar refractivity (Wildman–Crippen MR) is 113 cm³/mol. The van der Waals surface area contributed by atoms with E-state index in [-0.39, 0.29) is 11.9 Å². The molecule has 0 bridgehead atoms. The van der Waals surface area contributed by atoms with E-state index in [1.165, 1.54) is 5.56 Å². The van der Waals surface area contributed by atoms with Crippen molar-refractivity contribution in [3.63, 3.8) is 0 Å². The van der Waals surface area contributed by atoms with E-state index < -0.39 is 0 Å². The highest BCUT2D eigenvalue weighted by Gasteiger charge is 2.25. The number of nitrogens with zero attached hydrogens (tertiary/aromatic N) is 2. The summed E-state index contributed by atoms with van der Waals surface area (Å²) in [6.07, 6.45) is 2.00. The van der Waals surface area contributed by atoms with E-state index in [0.29, 0.717) is 32.6 Å². The molecular formula is C23H25N3O3. The molecule has 1 aliphatic rings. The van der Waals surface area contributed by atoms with Crippen molar-refractivity contribution in [2.75, 3.05) is 31.5 Å². The molecule has 2 aromatic carbocycles. The van der Waals surface area contributed by atoms with Crippen molar-refractivity contribution in [3.05, 3.63) is 65.4 Å². The number of nitrogens with one attached hydrogen (secondary N) is 1. The smallest absolute Gasteiger partial charge is 0.321 e. The maximum Gasteiger partial charge on any atom is 0.321 e. The molecule has 1 aromatic heterocycles. The first kappa shape index (κ1) is 19.1. The normalized spacial score (nSPS) is 14.3. The van der Waals surface area contributed by atoms with Crippen LogP contribution in [0.4, 0.5) is 10.5 Å². The van der Waals surface area contributed by atoms with E-state index in [4.69, 9.17) is 4.42 Å². The number of anilines is 1. The van der Waals surface area contributed by atoms with E-state index in [1.807, 2.05) is 48.2 Å². The number of amides is 3. The van der Waals surface area contributed by atoms with Gasteiger partial charge in [-0.15, -0.1) is 0 Å². The van der Waals surface area contributed by atoms with Crippen molar-refractivity contribution in [2.45, 2.75) is 20.3 Å². The Bertz CT molecular complexity index is 1030. The summed E-state index contributed by atoms with van der Waals surface area (Å²) in [6, 6.07) is 13.3. The van der Waals surface area contributed by atoms with Crippen molar-refractivity contribution >= 4 is 28.6 Å². The van der Waals surface area contributed by atoms with Crippen LogP contribution in [0, 0.1) is 13.8 Å². The van der Waals surface area contributed by atoms with E-state index >= 15 is 0 Å². The first-order valence-corrected chi connectivity index (χ1v) is 9.88. The molecule has 4 rings (SSSR count). The number of piperazine rings is 1. The topological polar surface area (TPSA) is 65.8 Å². The van der Waals surface area contributed by atoms with Crippen LogP contribution in [-0.2, 0) is 11.2 Å². The van der Waals surface area contributed by atoms with Gasteiger partial charge in [0.1, 0.15) is 5.58 Å². The standard InChI is InChI=1S/C23H25N3O3/c1-16-8-9-20-18(15-29-22(20)17(16)2)14-21(27)25-10-12-26(13-11-25)23(28)24-19-6-4-3-5-7-19/h3-9,15H,10-14H2,1-2H3,(H,24,28). The van der Waals surface area contributed by atoms with Crippen LogP contribution in [0.2, 0.25) is 0 Å². The SMILES string of the molecule is Cc1ccc2c(CC(=O)N3CCN(C(=O)Nc4ccccc4)CC3)coc2c1C. The van der Waals surface area contributed by atoms with Crippen LogP contribution < -0.4 is 5.32 Å². The van der Waals surface area contributed by atoms with Crippen LogP contribution in [-0.4, -0.2) is 47.9 Å². The molecule has 0 unspecified atom stereocenters. The van der Waals surface area contributed by atoms with Gasteiger partial charge in [-0.2, -0.15) is 0 Å². The van der Waals surface area contributed by atoms with Gasteiger partial charge in [-0.1, -0.05) is 30.3 Å². The van der Waals surface area contributed by atoms with Gasteiger partial charge in [-0.25, -0.2) is 4.79 Å². The van der Waals surface area contributed by atoms with Crippen molar-refractivity contribution in [2.24, 2.45) is 0 Å². The molecular weight excluding hydrogens is 366 g/mol. The zero-order valence-electron chi connectivity index (χ0n) is 16.8. The van der Waals surface area contributed by atoms with Crippen molar-refractivity contribution in [3.8, 4) is 0 Å². The van der Waals surface area contributed by atoms with Crippen molar-refractivity contribution < 1.29 is 14.0 Å². The predicted octanol–water partition coefficient (Wildman–Crippen LogP) is 3.97. The zero-order valence-corrected chi connectivity index (χ0v) is 16.8. The van der Waals surface area contributed by atoms with E-state index in [0.717, 1.165) is 27.8 Å². The lowest BCUT2D eigenvalue weighted by atomic mass is 10.0. The number of furan rings is 1. The van der Waals surface area contributed by atoms with E-state index in [2.05, 4.69) is 18.3 Å².